The van der Waals surface area contributed by atoms with Gasteiger partial charge in [-0.15, -0.1) is 0 Å². The average Bonchev–Trinajstić information content (AvgIpc) is 2.62. The van der Waals surface area contributed by atoms with Gasteiger partial charge in [0.25, 0.3) is 5.91 Å². The molecule has 0 aliphatic carbocycles. The van der Waals surface area contributed by atoms with Crippen LogP contribution in [-0.4, -0.2) is 85.4 Å². The number of nitrogens with zero attached hydrogens (tertiary/aromatic N) is 3. The molecule has 1 aromatic carbocycles. The number of anilines is 1. The summed E-state index contributed by atoms with van der Waals surface area (Å²) in [7, 11) is 3.51. The highest BCUT2D eigenvalue weighted by atomic mass is 16.5. The van der Waals surface area contributed by atoms with E-state index in [9.17, 15) is 9.90 Å². The molecule has 3 rings (SSSR count). The Bertz CT molecular complexity index is 653. The lowest BCUT2D eigenvalue weighted by Crippen LogP contribution is -2.61. The quantitative estimate of drug-likeness (QED) is 0.865. The van der Waals surface area contributed by atoms with Gasteiger partial charge in [-0.05, 0) is 38.8 Å². The van der Waals surface area contributed by atoms with E-state index in [1.54, 1.807) is 19.0 Å². The fourth-order valence-corrected chi connectivity index (χ4v) is 4.20. The first-order valence-corrected chi connectivity index (χ1v) is 9.83. The Labute approximate surface area is 162 Å². The number of carbonyl (C=O) groups excluding carboxylic acids is 1. The SMILES string of the molecule is Cc1ccc(N2CCC(O)(CN3CCOC(C)(C(=O)N(C)C)C3)CC2)cc1. The number of amides is 1. The topological polar surface area (TPSA) is 56.2 Å². The van der Waals surface area contributed by atoms with Gasteiger partial charge >= 0.3 is 0 Å². The van der Waals surface area contributed by atoms with Gasteiger partial charge in [-0.2, -0.15) is 0 Å². The molecule has 1 amide bonds. The maximum absolute atomic E-state index is 12.5. The summed E-state index contributed by atoms with van der Waals surface area (Å²) in [6.07, 6.45) is 1.47. The van der Waals surface area contributed by atoms with Crippen molar-refractivity contribution in [2.75, 3.05) is 58.3 Å². The maximum atomic E-state index is 12.5. The number of aliphatic hydroxyl groups is 1. The molecule has 2 aliphatic heterocycles. The van der Waals surface area contributed by atoms with E-state index in [1.807, 2.05) is 6.92 Å². The van der Waals surface area contributed by atoms with Crippen molar-refractivity contribution in [2.24, 2.45) is 0 Å². The van der Waals surface area contributed by atoms with E-state index >= 15 is 0 Å². The monoisotopic (exact) mass is 375 g/mol. The number of aryl methyl sites for hydroxylation is 1. The van der Waals surface area contributed by atoms with Crippen LogP contribution in [0.25, 0.3) is 0 Å². The summed E-state index contributed by atoms with van der Waals surface area (Å²) in [5.74, 6) is -0.0200. The number of likely N-dealkylation sites (N-methyl/N-ethyl adjacent to an activating group) is 1. The van der Waals surface area contributed by atoms with Crippen LogP contribution in [0.4, 0.5) is 5.69 Å². The predicted octanol–water partition coefficient (Wildman–Crippen LogP) is 1.51. The number of β-amino-alcohol motifs (C(OH)–C–C–N with tert-alkyl or cyclic N) is 1. The Kier molecular flexibility index (Phi) is 5.79. The van der Waals surface area contributed by atoms with E-state index in [0.717, 1.165) is 32.5 Å². The second-order valence-electron chi connectivity index (χ2n) is 8.54. The molecular weight excluding hydrogens is 342 g/mol. The summed E-state index contributed by atoms with van der Waals surface area (Å²) in [4.78, 5) is 18.6. The number of morpholine rings is 1. The first-order chi connectivity index (χ1) is 12.7. The summed E-state index contributed by atoms with van der Waals surface area (Å²) in [5, 5.41) is 11.1. The second-order valence-corrected chi connectivity index (χ2v) is 8.54. The largest absolute Gasteiger partial charge is 0.388 e. The summed E-state index contributed by atoms with van der Waals surface area (Å²) < 4.78 is 5.80. The predicted molar refractivity (Wildman–Crippen MR) is 107 cm³/mol. The third-order valence-corrected chi connectivity index (χ3v) is 5.82. The van der Waals surface area contributed by atoms with Gasteiger partial charge in [0.15, 0.2) is 5.60 Å². The standard InChI is InChI=1S/C21H33N3O3/c1-17-5-7-18(8-6-17)24-11-9-21(26,10-12-24)16-23-13-14-27-20(2,15-23)19(25)22(3)4/h5-8,26H,9-16H2,1-4H3. The van der Waals surface area contributed by atoms with Crippen LogP contribution in [0.15, 0.2) is 24.3 Å². The van der Waals surface area contributed by atoms with Gasteiger partial charge in [-0.3, -0.25) is 9.69 Å². The summed E-state index contributed by atoms with van der Waals surface area (Å²) in [6, 6.07) is 8.57. The van der Waals surface area contributed by atoms with Crippen molar-refractivity contribution >= 4 is 11.6 Å². The van der Waals surface area contributed by atoms with E-state index < -0.39 is 11.2 Å². The Morgan fingerprint density at radius 1 is 1.19 bits per heavy atom. The highest BCUT2D eigenvalue weighted by Gasteiger charge is 2.43. The van der Waals surface area contributed by atoms with Gasteiger partial charge in [0.1, 0.15) is 0 Å². The number of carbonyl (C=O) groups is 1. The Morgan fingerprint density at radius 3 is 2.41 bits per heavy atom. The molecule has 0 bridgehead atoms. The van der Waals surface area contributed by atoms with Crippen LogP contribution in [-0.2, 0) is 9.53 Å². The zero-order valence-corrected chi connectivity index (χ0v) is 17.1. The minimum Gasteiger partial charge on any atom is -0.388 e. The van der Waals surface area contributed by atoms with E-state index in [-0.39, 0.29) is 5.91 Å². The molecule has 0 radical (unpaired) electrons. The Balaban J connectivity index is 1.58. The van der Waals surface area contributed by atoms with Crippen molar-refractivity contribution < 1.29 is 14.6 Å². The number of hydrogen-bond acceptors (Lipinski definition) is 5. The van der Waals surface area contributed by atoms with Crippen molar-refractivity contribution in [1.29, 1.82) is 0 Å². The second kappa shape index (κ2) is 7.78. The van der Waals surface area contributed by atoms with Crippen LogP contribution in [0, 0.1) is 6.92 Å². The van der Waals surface area contributed by atoms with Crippen molar-refractivity contribution in [1.82, 2.24) is 9.80 Å². The molecule has 27 heavy (non-hydrogen) atoms. The van der Waals surface area contributed by atoms with E-state index in [1.165, 1.54) is 11.3 Å². The summed E-state index contributed by atoms with van der Waals surface area (Å²) >= 11 is 0. The molecule has 0 aromatic heterocycles. The molecule has 150 valence electrons. The van der Waals surface area contributed by atoms with E-state index in [4.69, 9.17) is 4.74 Å². The lowest BCUT2D eigenvalue weighted by molar-refractivity contribution is -0.168. The summed E-state index contributed by atoms with van der Waals surface area (Å²) in [5.41, 5.74) is 0.939. The van der Waals surface area contributed by atoms with Gasteiger partial charge in [-0.25, -0.2) is 0 Å². The molecule has 2 fully saturated rings. The molecule has 2 heterocycles. The molecule has 2 saturated heterocycles. The lowest BCUT2D eigenvalue weighted by Gasteiger charge is -2.45. The normalized spacial score (nSPS) is 26.0. The Hall–Kier alpha value is -1.63. The molecule has 6 heteroatoms. The Morgan fingerprint density at radius 2 is 1.81 bits per heavy atom. The highest BCUT2D eigenvalue weighted by molar-refractivity contribution is 5.84. The number of hydrogen-bond donors (Lipinski definition) is 1. The number of ether oxygens (including phenoxy) is 1. The molecule has 0 spiro atoms. The van der Waals surface area contributed by atoms with Gasteiger partial charge in [0.05, 0.1) is 12.2 Å². The highest BCUT2D eigenvalue weighted by Crippen LogP contribution is 2.29. The van der Waals surface area contributed by atoms with Gasteiger partial charge in [0.2, 0.25) is 0 Å². The fraction of sp³-hybridized carbons (Fsp3) is 0.667. The smallest absolute Gasteiger partial charge is 0.255 e. The van der Waals surface area contributed by atoms with Crippen LogP contribution in [0.3, 0.4) is 0 Å². The molecular formula is C21H33N3O3. The number of benzene rings is 1. The molecule has 1 atom stereocenters. The first-order valence-electron chi connectivity index (χ1n) is 9.83. The molecule has 1 aromatic rings. The van der Waals surface area contributed by atoms with Crippen LogP contribution in [0.2, 0.25) is 0 Å². The van der Waals surface area contributed by atoms with Gasteiger partial charge < -0.3 is 19.6 Å². The van der Waals surface area contributed by atoms with Gasteiger partial charge in [0, 0.05) is 52.5 Å². The third kappa shape index (κ3) is 4.62. The average molecular weight is 376 g/mol. The van der Waals surface area contributed by atoms with Crippen LogP contribution >= 0.6 is 0 Å². The van der Waals surface area contributed by atoms with Crippen molar-refractivity contribution in [3.63, 3.8) is 0 Å². The van der Waals surface area contributed by atoms with Crippen molar-refractivity contribution in [3.05, 3.63) is 29.8 Å². The molecule has 0 saturated carbocycles. The maximum Gasteiger partial charge on any atom is 0.255 e. The van der Waals surface area contributed by atoms with Crippen LogP contribution in [0.5, 0.6) is 0 Å². The lowest BCUT2D eigenvalue weighted by atomic mass is 9.89. The van der Waals surface area contributed by atoms with Crippen molar-refractivity contribution in [3.8, 4) is 0 Å². The number of piperidine rings is 1. The van der Waals surface area contributed by atoms with Crippen molar-refractivity contribution in [2.45, 2.75) is 37.9 Å². The molecule has 6 nitrogen and oxygen atoms in total. The zero-order valence-electron chi connectivity index (χ0n) is 17.1. The van der Waals surface area contributed by atoms with E-state index in [0.29, 0.717) is 19.7 Å². The summed E-state index contributed by atoms with van der Waals surface area (Å²) in [6.45, 7) is 8.02. The molecule has 1 N–H and O–H groups in total. The van der Waals surface area contributed by atoms with Crippen LogP contribution < -0.4 is 4.90 Å². The number of rotatable bonds is 4. The minimum atomic E-state index is -0.833. The molecule has 2 aliphatic rings. The minimum absolute atomic E-state index is 0.0200. The molecule has 1 unspecified atom stereocenters. The van der Waals surface area contributed by atoms with Crippen LogP contribution in [0.1, 0.15) is 25.3 Å². The fourth-order valence-electron chi connectivity index (χ4n) is 4.20. The zero-order chi connectivity index (χ0) is 19.7. The first kappa shape index (κ1) is 20.1. The van der Waals surface area contributed by atoms with E-state index in [2.05, 4.69) is 41.0 Å². The third-order valence-electron chi connectivity index (χ3n) is 5.82. The van der Waals surface area contributed by atoms with Gasteiger partial charge in [-0.1, -0.05) is 17.7 Å².